The lowest BCUT2D eigenvalue weighted by molar-refractivity contribution is 0.683. The number of benzene rings is 3. The molecule has 0 amide bonds. The maximum atomic E-state index is 12.6. The van der Waals surface area contributed by atoms with Crippen LogP contribution in [0.2, 0.25) is 5.02 Å². The van der Waals surface area contributed by atoms with E-state index in [4.69, 9.17) is 16.6 Å². The minimum absolute atomic E-state index is 0.477. The molecular formula is C27H20BrClN2OS2. The first kappa shape index (κ1) is 24.7. The molecule has 0 fully saturated rings. The summed E-state index contributed by atoms with van der Waals surface area (Å²) in [6, 6.07) is 29.6. The van der Waals surface area contributed by atoms with Gasteiger partial charge in [-0.2, -0.15) is 5.26 Å². The van der Waals surface area contributed by atoms with Gasteiger partial charge in [-0.25, -0.2) is 4.98 Å². The maximum Gasteiger partial charge on any atom is 0.115 e. The van der Waals surface area contributed by atoms with Crippen LogP contribution >= 0.6 is 39.3 Å². The summed E-state index contributed by atoms with van der Waals surface area (Å²) in [7, 11) is -1.02. The van der Waals surface area contributed by atoms with Crippen LogP contribution in [-0.4, -0.2) is 20.7 Å². The normalized spacial score (nSPS) is 11.7. The molecule has 3 aromatic carbocycles. The first-order valence-electron chi connectivity index (χ1n) is 10.5. The fraction of sp³-hybridized carbons (Fsp3) is 0.111. The van der Waals surface area contributed by atoms with Gasteiger partial charge in [0.15, 0.2) is 0 Å². The predicted molar refractivity (Wildman–Crippen MR) is 146 cm³/mol. The van der Waals surface area contributed by atoms with Crippen molar-refractivity contribution in [2.24, 2.45) is 0 Å². The van der Waals surface area contributed by atoms with Crippen LogP contribution in [0.5, 0.6) is 0 Å². The highest BCUT2D eigenvalue weighted by atomic mass is 79.9. The van der Waals surface area contributed by atoms with Crippen LogP contribution in [0.4, 0.5) is 0 Å². The number of aromatic nitrogens is 1. The molecule has 1 atom stereocenters. The first-order chi connectivity index (χ1) is 16.5. The van der Waals surface area contributed by atoms with Gasteiger partial charge >= 0.3 is 0 Å². The van der Waals surface area contributed by atoms with Crippen LogP contribution < -0.4 is 0 Å². The van der Waals surface area contributed by atoms with Crippen LogP contribution in [0.1, 0.15) is 11.1 Å². The predicted octanol–water partition coefficient (Wildman–Crippen LogP) is 7.74. The van der Waals surface area contributed by atoms with Gasteiger partial charge in [0.1, 0.15) is 11.1 Å². The Kier molecular flexibility index (Phi) is 8.58. The van der Waals surface area contributed by atoms with E-state index in [0.717, 1.165) is 32.4 Å². The highest BCUT2D eigenvalue weighted by Crippen LogP contribution is 2.34. The molecule has 0 N–H and O–H groups in total. The average Bonchev–Trinajstić information content (AvgIpc) is 2.86. The molecule has 0 saturated heterocycles. The van der Waals surface area contributed by atoms with Crippen LogP contribution in [0, 0.1) is 11.3 Å². The second-order valence-corrected chi connectivity index (χ2v) is 11.5. The number of nitrogens with zero attached hydrogens (tertiary/aromatic N) is 2. The molecule has 170 valence electrons. The van der Waals surface area contributed by atoms with Crippen molar-refractivity contribution < 1.29 is 4.21 Å². The van der Waals surface area contributed by atoms with Gasteiger partial charge in [0.2, 0.25) is 0 Å². The zero-order chi connectivity index (χ0) is 23.9. The van der Waals surface area contributed by atoms with Crippen LogP contribution in [0.25, 0.3) is 22.4 Å². The monoisotopic (exact) mass is 566 g/mol. The zero-order valence-corrected chi connectivity index (χ0v) is 22.1. The molecule has 4 aromatic rings. The van der Waals surface area contributed by atoms with E-state index in [1.807, 2.05) is 84.9 Å². The number of rotatable bonds is 8. The highest BCUT2D eigenvalue weighted by molar-refractivity contribution is 9.10. The smallest absolute Gasteiger partial charge is 0.115 e. The van der Waals surface area contributed by atoms with E-state index >= 15 is 0 Å². The van der Waals surface area contributed by atoms with Gasteiger partial charge in [0.05, 0.1) is 11.3 Å². The Hall–Kier alpha value is -2.43. The van der Waals surface area contributed by atoms with E-state index in [9.17, 15) is 9.47 Å². The maximum absolute atomic E-state index is 12.6. The summed E-state index contributed by atoms with van der Waals surface area (Å²) < 4.78 is 13.6. The number of hydrogen-bond acceptors (Lipinski definition) is 4. The largest absolute Gasteiger partial charge is 0.259 e. The van der Waals surface area contributed by atoms with E-state index < -0.39 is 10.8 Å². The highest BCUT2D eigenvalue weighted by Gasteiger charge is 2.16. The van der Waals surface area contributed by atoms with Crippen molar-refractivity contribution >= 4 is 50.1 Å². The molecule has 7 heteroatoms. The number of nitriles is 1. The van der Waals surface area contributed by atoms with Crippen LogP contribution in [0.3, 0.4) is 0 Å². The van der Waals surface area contributed by atoms with Crippen molar-refractivity contribution in [2.75, 3.05) is 11.5 Å². The number of pyridine rings is 1. The fourth-order valence-electron chi connectivity index (χ4n) is 3.42. The van der Waals surface area contributed by atoms with Crippen molar-refractivity contribution in [2.45, 2.75) is 10.8 Å². The minimum atomic E-state index is -1.02. The summed E-state index contributed by atoms with van der Waals surface area (Å²) in [6.45, 7) is 0. The number of halogens is 2. The Bertz CT molecular complexity index is 1340. The van der Waals surface area contributed by atoms with Gasteiger partial charge in [-0.05, 0) is 41.5 Å². The Balaban J connectivity index is 1.59. The fourth-order valence-corrected chi connectivity index (χ4v) is 6.25. The third-order valence-corrected chi connectivity index (χ3v) is 8.44. The minimum Gasteiger partial charge on any atom is -0.259 e. The third-order valence-electron chi connectivity index (χ3n) is 5.11. The quantitative estimate of drug-likeness (QED) is 0.204. The van der Waals surface area contributed by atoms with Gasteiger partial charge in [0, 0.05) is 48.7 Å². The van der Waals surface area contributed by atoms with E-state index in [2.05, 4.69) is 22.0 Å². The van der Waals surface area contributed by atoms with Crippen molar-refractivity contribution in [3.8, 4) is 28.5 Å². The van der Waals surface area contributed by atoms with Gasteiger partial charge in [-0.3, -0.25) is 4.21 Å². The van der Waals surface area contributed by atoms with Crippen molar-refractivity contribution in [3.63, 3.8) is 0 Å². The second kappa shape index (κ2) is 11.8. The molecule has 4 rings (SSSR count). The number of hydrogen-bond donors (Lipinski definition) is 0. The lowest BCUT2D eigenvalue weighted by atomic mass is 9.99. The molecule has 0 radical (unpaired) electrons. The SMILES string of the molecule is N#Cc1c(-c2ccccc2)cc(-c2ccc(Br)cc2)nc1SCCS(=O)Cc1ccc(Cl)cc1. The summed E-state index contributed by atoms with van der Waals surface area (Å²) in [5.74, 6) is 1.58. The molecule has 1 heterocycles. The van der Waals surface area contributed by atoms with Gasteiger partial charge in [-0.1, -0.05) is 82.1 Å². The Morgan fingerprint density at radius 1 is 0.971 bits per heavy atom. The standard InChI is InChI=1S/C27H20BrClN2OS2/c28-22-10-8-21(9-11-22)26-16-24(20-4-2-1-3-5-20)25(17-30)27(31-26)33-14-15-34(32)18-19-6-12-23(29)13-7-19/h1-13,16H,14-15,18H2. The average molecular weight is 568 g/mol. The molecule has 0 aliphatic heterocycles. The summed E-state index contributed by atoms with van der Waals surface area (Å²) in [4.78, 5) is 4.83. The lowest BCUT2D eigenvalue weighted by Crippen LogP contribution is -2.04. The Morgan fingerprint density at radius 2 is 1.68 bits per heavy atom. The summed E-state index contributed by atoms with van der Waals surface area (Å²) in [6.07, 6.45) is 0. The molecule has 0 aliphatic carbocycles. The molecule has 3 nitrogen and oxygen atoms in total. The number of thioether (sulfide) groups is 1. The van der Waals surface area contributed by atoms with Crippen molar-refractivity contribution in [3.05, 3.63) is 106 Å². The summed E-state index contributed by atoms with van der Waals surface area (Å²) in [5, 5.41) is 11.3. The van der Waals surface area contributed by atoms with Gasteiger partial charge in [0.25, 0.3) is 0 Å². The van der Waals surface area contributed by atoms with Crippen molar-refractivity contribution in [1.29, 1.82) is 5.26 Å². The molecule has 0 spiro atoms. The molecule has 0 bridgehead atoms. The lowest BCUT2D eigenvalue weighted by Gasteiger charge is -2.13. The molecule has 1 aromatic heterocycles. The molecule has 0 saturated carbocycles. The first-order valence-corrected chi connectivity index (χ1v) is 14.2. The van der Waals surface area contributed by atoms with E-state index in [1.165, 1.54) is 11.8 Å². The van der Waals surface area contributed by atoms with Gasteiger partial charge in [-0.15, -0.1) is 11.8 Å². The molecule has 1 unspecified atom stereocenters. The molecular weight excluding hydrogens is 548 g/mol. The third kappa shape index (κ3) is 6.37. The Morgan fingerprint density at radius 3 is 2.35 bits per heavy atom. The van der Waals surface area contributed by atoms with Crippen LogP contribution in [-0.2, 0) is 16.6 Å². The van der Waals surface area contributed by atoms with Gasteiger partial charge < -0.3 is 0 Å². The topological polar surface area (TPSA) is 53.8 Å². The second-order valence-electron chi connectivity index (χ2n) is 7.48. The Labute approximate surface area is 219 Å². The molecule has 34 heavy (non-hydrogen) atoms. The van der Waals surface area contributed by atoms with E-state index in [0.29, 0.717) is 32.9 Å². The summed E-state index contributed by atoms with van der Waals surface area (Å²) >= 11 is 10.9. The van der Waals surface area contributed by atoms with Crippen molar-refractivity contribution in [1.82, 2.24) is 4.98 Å². The van der Waals surface area contributed by atoms with E-state index in [1.54, 1.807) is 0 Å². The van der Waals surface area contributed by atoms with E-state index in [-0.39, 0.29) is 0 Å². The summed E-state index contributed by atoms with van der Waals surface area (Å²) in [5.41, 5.74) is 5.12. The zero-order valence-electron chi connectivity index (χ0n) is 18.1. The molecule has 0 aliphatic rings. The van der Waals surface area contributed by atoms with Crippen LogP contribution in [0.15, 0.2) is 94.4 Å².